The lowest BCUT2D eigenvalue weighted by Gasteiger charge is -2.07. The van der Waals surface area contributed by atoms with Crippen molar-refractivity contribution >= 4 is 5.82 Å². The first-order chi connectivity index (χ1) is 6.38. The molecule has 0 saturated heterocycles. The summed E-state index contributed by atoms with van der Waals surface area (Å²) in [7, 11) is 1.65. The second kappa shape index (κ2) is 5.45. The fraction of sp³-hybridized carbons (Fsp3) is 0.500. The summed E-state index contributed by atoms with van der Waals surface area (Å²) in [6.45, 7) is 1.74. The van der Waals surface area contributed by atoms with E-state index in [1.807, 2.05) is 0 Å². The van der Waals surface area contributed by atoms with Crippen molar-refractivity contribution in [2.75, 3.05) is 25.6 Å². The summed E-state index contributed by atoms with van der Waals surface area (Å²) >= 11 is 0. The Morgan fingerprint density at radius 3 is 2.92 bits per heavy atom. The van der Waals surface area contributed by atoms with E-state index in [1.165, 1.54) is 0 Å². The summed E-state index contributed by atoms with van der Waals surface area (Å²) in [4.78, 5) is 8.20. The molecular formula is C8H14N4O. The lowest BCUT2D eigenvalue weighted by molar-refractivity contribution is 0.210. The standard InChI is InChI=1S/C8H14N4O/c1-13-5-4-12-8-7(6-9)10-2-3-11-8/h2-3H,4-6,9H2,1H3,(H,11,12). The Bertz CT molecular complexity index is 254. The number of nitrogens with one attached hydrogen (secondary N) is 1. The maximum Gasteiger partial charge on any atom is 0.149 e. The quantitative estimate of drug-likeness (QED) is 0.627. The molecule has 0 unspecified atom stereocenters. The highest BCUT2D eigenvalue weighted by Gasteiger charge is 2.00. The normalized spacial score (nSPS) is 10.0. The monoisotopic (exact) mass is 182 g/mol. The van der Waals surface area contributed by atoms with Crippen molar-refractivity contribution in [1.82, 2.24) is 9.97 Å². The number of methoxy groups -OCH3 is 1. The van der Waals surface area contributed by atoms with Gasteiger partial charge in [-0.3, -0.25) is 4.98 Å². The van der Waals surface area contributed by atoms with Gasteiger partial charge in [0, 0.05) is 32.6 Å². The number of nitrogens with zero attached hydrogens (tertiary/aromatic N) is 2. The zero-order valence-corrected chi connectivity index (χ0v) is 7.66. The van der Waals surface area contributed by atoms with Gasteiger partial charge in [-0.1, -0.05) is 0 Å². The summed E-state index contributed by atoms with van der Waals surface area (Å²) in [5.74, 6) is 0.738. The first-order valence-corrected chi connectivity index (χ1v) is 4.11. The Morgan fingerprint density at radius 2 is 2.23 bits per heavy atom. The third kappa shape index (κ3) is 2.96. The van der Waals surface area contributed by atoms with Crippen LogP contribution in [0.25, 0.3) is 0 Å². The molecule has 0 aliphatic rings. The summed E-state index contributed by atoms with van der Waals surface area (Å²) < 4.78 is 4.90. The number of hydrogen-bond donors (Lipinski definition) is 2. The van der Waals surface area contributed by atoms with Crippen molar-refractivity contribution in [2.24, 2.45) is 5.73 Å². The molecule has 72 valence electrons. The highest BCUT2D eigenvalue weighted by atomic mass is 16.5. The molecule has 0 atom stereocenters. The van der Waals surface area contributed by atoms with Gasteiger partial charge < -0.3 is 15.8 Å². The third-order valence-corrected chi connectivity index (χ3v) is 1.57. The number of anilines is 1. The van der Waals surface area contributed by atoms with Gasteiger partial charge in [-0.15, -0.1) is 0 Å². The fourth-order valence-electron chi connectivity index (χ4n) is 0.935. The molecule has 0 fully saturated rings. The Hall–Kier alpha value is -1.20. The second-order valence-corrected chi connectivity index (χ2v) is 2.48. The molecule has 3 N–H and O–H groups in total. The molecule has 13 heavy (non-hydrogen) atoms. The molecule has 5 nitrogen and oxygen atoms in total. The Balaban J connectivity index is 2.54. The van der Waals surface area contributed by atoms with E-state index in [9.17, 15) is 0 Å². The average Bonchev–Trinajstić information content (AvgIpc) is 2.19. The Kier molecular flexibility index (Phi) is 4.14. The minimum atomic E-state index is 0.392. The van der Waals surface area contributed by atoms with Gasteiger partial charge >= 0.3 is 0 Å². The molecule has 0 saturated carbocycles. The van der Waals surface area contributed by atoms with Gasteiger partial charge in [0.2, 0.25) is 0 Å². The molecule has 0 radical (unpaired) electrons. The van der Waals surface area contributed by atoms with Crippen molar-refractivity contribution < 1.29 is 4.74 Å². The van der Waals surface area contributed by atoms with Crippen LogP contribution in [0.1, 0.15) is 5.69 Å². The molecular weight excluding hydrogens is 168 g/mol. The number of rotatable bonds is 5. The van der Waals surface area contributed by atoms with Gasteiger partial charge in [0.05, 0.1) is 12.3 Å². The fourth-order valence-corrected chi connectivity index (χ4v) is 0.935. The van der Waals surface area contributed by atoms with Gasteiger partial charge in [-0.05, 0) is 0 Å². The average molecular weight is 182 g/mol. The largest absolute Gasteiger partial charge is 0.383 e. The van der Waals surface area contributed by atoms with Gasteiger partial charge in [-0.25, -0.2) is 4.98 Å². The van der Waals surface area contributed by atoms with Crippen molar-refractivity contribution in [3.8, 4) is 0 Å². The van der Waals surface area contributed by atoms with E-state index in [4.69, 9.17) is 10.5 Å². The zero-order chi connectivity index (χ0) is 9.52. The topological polar surface area (TPSA) is 73.1 Å². The summed E-state index contributed by atoms with van der Waals surface area (Å²) in [5, 5.41) is 3.09. The lowest BCUT2D eigenvalue weighted by Crippen LogP contribution is -2.13. The third-order valence-electron chi connectivity index (χ3n) is 1.57. The zero-order valence-electron chi connectivity index (χ0n) is 7.66. The van der Waals surface area contributed by atoms with Crippen molar-refractivity contribution in [3.63, 3.8) is 0 Å². The molecule has 5 heteroatoms. The van der Waals surface area contributed by atoms with Gasteiger partial charge in [0.15, 0.2) is 0 Å². The molecule has 1 rings (SSSR count). The number of nitrogens with two attached hydrogens (primary N) is 1. The molecule has 0 aliphatic carbocycles. The highest BCUT2D eigenvalue weighted by molar-refractivity contribution is 5.38. The minimum absolute atomic E-state index is 0.392. The van der Waals surface area contributed by atoms with Crippen LogP contribution in [-0.4, -0.2) is 30.2 Å². The van der Waals surface area contributed by atoms with Crippen LogP contribution in [0.3, 0.4) is 0 Å². The number of aromatic nitrogens is 2. The molecule has 0 aromatic carbocycles. The van der Waals surface area contributed by atoms with Crippen LogP contribution in [0.4, 0.5) is 5.82 Å². The van der Waals surface area contributed by atoms with Crippen LogP contribution in [0.15, 0.2) is 12.4 Å². The Morgan fingerprint density at radius 1 is 1.46 bits per heavy atom. The minimum Gasteiger partial charge on any atom is -0.383 e. The van der Waals surface area contributed by atoms with E-state index in [2.05, 4.69) is 15.3 Å². The van der Waals surface area contributed by atoms with E-state index in [-0.39, 0.29) is 0 Å². The van der Waals surface area contributed by atoms with E-state index in [0.717, 1.165) is 11.5 Å². The van der Waals surface area contributed by atoms with Crippen LogP contribution in [0.2, 0.25) is 0 Å². The summed E-state index contributed by atoms with van der Waals surface area (Å²) in [6.07, 6.45) is 3.26. The van der Waals surface area contributed by atoms with Crippen molar-refractivity contribution in [2.45, 2.75) is 6.54 Å². The Labute approximate surface area is 77.3 Å². The van der Waals surface area contributed by atoms with E-state index in [0.29, 0.717) is 19.7 Å². The smallest absolute Gasteiger partial charge is 0.149 e. The van der Waals surface area contributed by atoms with Gasteiger partial charge in [0.25, 0.3) is 0 Å². The van der Waals surface area contributed by atoms with Crippen LogP contribution in [0.5, 0.6) is 0 Å². The van der Waals surface area contributed by atoms with Crippen molar-refractivity contribution in [3.05, 3.63) is 18.1 Å². The molecule has 1 aromatic rings. The highest BCUT2D eigenvalue weighted by Crippen LogP contribution is 2.05. The van der Waals surface area contributed by atoms with E-state index < -0.39 is 0 Å². The predicted octanol–water partition coefficient (Wildman–Crippen LogP) is -0.00640. The first-order valence-electron chi connectivity index (χ1n) is 4.11. The first kappa shape index (κ1) is 9.88. The molecule has 0 amide bonds. The van der Waals surface area contributed by atoms with Crippen LogP contribution < -0.4 is 11.1 Å². The lowest BCUT2D eigenvalue weighted by atomic mass is 10.4. The van der Waals surface area contributed by atoms with E-state index in [1.54, 1.807) is 19.5 Å². The molecule has 1 heterocycles. The van der Waals surface area contributed by atoms with Crippen LogP contribution in [0, 0.1) is 0 Å². The van der Waals surface area contributed by atoms with Crippen LogP contribution in [-0.2, 0) is 11.3 Å². The second-order valence-electron chi connectivity index (χ2n) is 2.48. The number of ether oxygens (including phenoxy) is 1. The van der Waals surface area contributed by atoms with E-state index >= 15 is 0 Å². The van der Waals surface area contributed by atoms with Gasteiger partial charge in [-0.2, -0.15) is 0 Å². The number of hydrogen-bond acceptors (Lipinski definition) is 5. The van der Waals surface area contributed by atoms with Crippen molar-refractivity contribution in [1.29, 1.82) is 0 Å². The molecule has 1 aromatic heterocycles. The predicted molar refractivity (Wildman–Crippen MR) is 50.3 cm³/mol. The summed E-state index contributed by atoms with van der Waals surface area (Å²) in [6, 6.07) is 0. The molecule has 0 aliphatic heterocycles. The molecule has 0 bridgehead atoms. The SMILES string of the molecule is COCCNc1nccnc1CN. The maximum atomic E-state index is 5.48. The summed E-state index contributed by atoms with van der Waals surface area (Å²) in [5.41, 5.74) is 6.26. The maximum absolute atomic E-state index is 5.48. The molecule has 0 spiro atoms. The van der Waals surface area contributed by atoms with Gasteiger partial charge in [0.1, 0.15) is 5.82 Å². The van der Waals surface area contributed by atoms with Crippen LogP contribution >= 0.6 is 0 Å².